The highest BCUT2D eigenvalue weighted by Crippen LogP contribution is 2.29. The zero-order chi connectivity index (χ0) is 13.1. The summed E-state index contributed by atoms with van der Waals surface area (Å²) in [5.41, 5.74) is 9.23. The Labute approximate surface area is 105 Å². The molecule has 0 aliphatic rings. The summed E-state index contributed by atoms with van der Waals surface area (Å²) in [5, 5.41) is 14.5. The summed E-state index contributed by atoms with van der Waals surface area (Å²) >= 11 is 0. The molecule has 4 heteroatoms. The highest BCUT2D eigenvalue weighted by atomic mass is 17.0. The molecule has 0 spiro atoms. The lowest BCUT2D eigenvalue weighted by molar-refractivity contribution is -0.176. The Morgan fingerprint density at radius 1 is 1.00 bits per heavy atom. The normalized spacial score (nSPS) is 10.4. The van der Waals surface area contributed by atoms with Crippen LogP contribution in [0.5, 0.6) is 0 Å². The second-order valence-corrected chi connectivity index (χ2v) is 4.04. The topological polar surface area (TPSA) is 71.4 Å². The molecule has 0 saturated carbocycles. The number of nitrogens with zero attached hydrogens (tertiary/aromatic N) is 1. The first-order valence-corrected chi connectivity index (χ1v) is 5.77. The molecule has 0 aliphatic carbocycles. The molecule has 4 nitrogen and oxygen atoms in total. The van der Waals surface area contributed by atoms with Crippen LogP contribution in [0.25, 0.3) is 21.8 Å². The van der Waals surface area contributed by atoms with Gasteiger partial charge in [0.2, 0.25) is 0 Å². The lowest BCUT2D eigenvalue weighted by Gasteiger charge is -2.02. The van der Waals surface area contributed by atoms with E-state index in [-0.39, 0.29) is 0 Å². The van der Waals surface area contributed by atoms with E-state index >= 15 is 0 Å². The van der Waals surface area contributed by atoms with Crippen LogP contribution in [0.2, 0.25) is 0 Å². The molecule has 3 aromatic rings. The number of nitrogen functional groups attached to an aromatic ring is 1. The third-order valence-electron chi connectivity index (χ3n) is 3.11. The quantitative estimate of drug-likeness (QED) is 0.349. The molecular formula is C14H16N2O2. The van der Waals surface area contributed by atoms with Crippen LogP contribution < -0.4 is 5.73 Å². The van der Waals surface area contributed by atoms with Crippen molar-refractivity contribution in [1.29, 1.82) is 0 Å². The van der Waals surface area contributed by atoms with Crippen molar-refractivity contribution in [2.45, 2.75) is 13.5 Å². The van der Waals surface area contributed by atoms with Crippen LogP contribution in [0.1, 0.15) is 6.92 Å². The molecule has 0 fully saturated rings. The molecule has 0 saturated heterocycles. The average Bonchev–Trinajstić information content (AvgIpc) is 2.74. The third kappa shape index (κ3) is 1.81. The van der Waals surface area contributed by atoms with Gasteiger partial charge in [0, 0.05) is 34.0 Å². The fourth-order valence-electron chi connectivity index (χ4n) is 2.41. The second kappa shape index (κ2) is 5.08. The largest absolute Gasteiger partial charge is 0.399 e. The molecule has 94 valence electrons. The van der Waals surface area contributed by atoms with Crippen LogP contribution in [0.4, 0.5) is 5.69 Å². The van der Waals surface area contributed by atoms with Gasteiger partial charge in [-0.3, -0.25) is 10.5 Å². The van der Waals surface area contributed by atoms with Gasteiger partial charge in [-0.15, -0.1) is 0 Å². The summed E-state index contributed by atoms with van der Waals surface area (Å²) in [7, 11) is 0. The average molecular weight is 244 g/mol. The van der Waals surface area contributed by atoms with Gasteiger partial charge in [0.15, 0.2) is 0 Å². The molecule has 2 aromatic carbocycles. The Morgan fingerprint density at radius 2 is 1.67 bits per heavy atom. The second-order valence-electron chi connectivity index (χ2n) is 4.04. The van der Waals surface area contributed by atoms with Crippen LogP contribution in [0, 0.1) is 0 Å². The van der Waals surface area contributed by atoms with Gasteiger partial charge in [0.05, 0.1) is 0 Å². The number of rotatable bonds is 1. The van der Waals surface area contributed by atoms with Gasteiger partial charge < -0.3 is 10.3 Å². The Balaban J connectivity index is 0.000000574. The van der Waals surface area contributed by atoms with Crippen molar-refractivity contribution in [2.24, 2.45) is 0 Å². The van der Waals surface area contributed by atoms with Crippen molar-refractivity contribution in [3.8, 4) is 0 Å². The summed E-state index contributed by atoms with van der Waals surface area (Å²) in [6.45, 7) is 3.15. The van der Waals surface area contributed by atoms with Crippen molar-refractivity contribution in [1.82, 2.24) is 4.57 Å². The molecule has 0 atom stereocenters. The molecule has 0 unspecified atom stereocenters. The minimum atomic E-state index is 0.825. The van der Waals surface area contributed by atoms with E-state index in [2.05, 4.69) is 47.9 Å². The number of nitrogens with two attached hydrogens (primary N) is 1. The van der Waals surface area contributed by atoms with Crippen molar-refractivity contribution in [2.75, 3.05) is 5.73 Å². The van der Waals surface area contributed by atoms with E-state index in [1.54, 1.807) is 0 Å². The summed E-state index contributed by atoms with van der Waals surface area (Å²) in [4.78, 5) is 0. The van der Waals surface area contributed by atoms with Crippen molar-refractivity contribution in [3.05, 3.63) is 42.5 Å². The number of aromatic nitrogens is 1. The van der Waals surface area contributed by atoms with E-state index in [9.17, 15) is 0 Å². The number of hydrogen-bond acceptors (Lipinski definition) is 3. The molecule has 18 heavy (non-hydrogen) atoms. The maximum absolute atomic E-state index is 6.00. The Hall–Kier alpha value is -2.04. The molecule has 0 aliphatic heterocycles. The van der Waals surface area contributed by atoms with Crippen LogP contribution in [-0.2, 0) is 6.54 Å². The van der Waals surface area contributed by atoms with E-state index in [1.807, 2.05) is 6.07 Å². The molecule has 0 bridgehead atoms. The van der Waals surface area contributed by atoms with Crippen LogP contribution >= 0.6 is 0 Å². The van der Waals surface area contributed by atoms with Crippen molar-refractivity contribution < 1.29 is 10.5 Å². The number of anilines is 1. The SMILES string of the molecule is CCn1c2ccccc2c2cc(N)ccc21.OO. The van der Waals surface area contributed by atoms with E-state index in [1.165, 1.54) is 21.8 Å². The first kappa shape index (κ1) is 12.4. The molecule has 1 heterocycles. The maximum Gasteiger partial charge on any atom is 0.0492 e. The first-order chi connectivity index (χ1) is 8.81. The predicted octanol–water partition coefficient (Wildman–Crippen LogP) is 3.41. The van der Waals surface area contributed by atoms with Crippen molar-refractivity contribution in [3.63, 3.8) is 0 Å². The minimum absolute atomic E-state index is 0.825. The molecule has 4 N–H and O–H groups in total. The number of benzene rings is 2. The van der Waals surface area contributed by atoms with Crippen LogP contribution in [-0.4, -0.2) is 15.1 Å². The monoisotopic (exact) mass is 244 g/mol. The van der Waals surface area contributed by atoms with E-state index in [0.29, 0.717) is 0 Å². The van der Waals surface area contributed by atoms with E-state index < -0.39 is 0 Å². The fraction of sp³-hybridized carbons (Fsp3) is 0.143. The zero-order valence-electron chi connectivity index (χ0n) is 10.2. The zero-order valence-corrected chi connectivity index (χ0v) is 10.2. The standard InChI is InChI=1S/C14H14N2.H2O2/c1-2-16-13-6-4-3-5-11(13)12-9-10(15)7-8-14(12)16;1-2/h3-9H,2,15H2,1H3;1-2H. The van der Waals surface area contributed by atoms with Gasteiger partial charge >= 0.3 is 0 Å². The minimum Gasteiger partial charge on any atom is -0.399 e. The Morgan fingerprint density at radius 3 is 2.39 bits per heavy atom. The number of aryl methyl sites for hydroxylation is 1. The van der Waals surface area contributed by atoms with Crippen LogP contribution in [0.15, 0.2) is 42.5 Å². The van der Waals surface area contributed by atoms with Gasteiger partial charge in [-0.2, -0.15) is 0 Å². The summed E-state index contributed by atoms with van der Waals surface area (Å²) in [6.07, 6.45) is 0. The summed E-state index contributed by atoms with van der Waals surface area (Å²) < 4.78 is 2.32. The summed E-state index contributed by atoms with van der Waals surface area (Å²) in [5.74, 6) is 0. The van der Waals surface area contributed by atoms with Gasteiger partial charge in [0.1, 0.15) is 0 Å². The summed E-state index contributed by atoms with van der Waals surface area (Å²) in [6, 6.07) is 14.6. The highest BCUT2D eigenvalue weighted by Gasteiger charge is 2.08. The van der Waals surface area contributed by atoms with Gasteiger partial charge in [-0.1, -0.05) is 18.2 Å². The number of para-hydroxylation sites is 1. The van der Waals surface area contributed by atoms with Gasteiger partial charge in [-0.25, -0.2) is 0 Å². The molecule has 0 amide bonds. The fourth-order valence-corrected chi connectivity index (χ4v) is 2.41. The van der Waals surface area contributed by atoms with E-state index in [0.717, 1.165) is 12.2 Å². The van der Waals surface area contributed by atoms with Gasteiger partial charge in [0.25, 0.3) is 0 Å². The number of hydrogen-bond donors (Lipinski definition) is 3. The lowest BCUT2D eigenvalue weighted by atomic mass is 10.1. The van der Waals surface area contributed by atoms with Crippen LogP contribution in [0.3, 0.4) is 0 Å². The number of fused-ring (bicyclic) bond motifs is 3. The van der Waals surface area contributed by atoms with Crippen molar-refractivity contribution >= 4 is 27.5 Å². The molecular weight excluding hydrogens is 228 g/mol. The molecule has 1 aromatic heterocycles. The van der Waals surface area contributed by atoms with E-state index in [4.69, 9.17) is 16.2 Å². The van der Waals surface area contributed by atoms with Gasteiger partial charge in [-0.05, 0) is 31.2 Å². The molecule has 3 rings (SSSR count). The molecule has 0 radical (unpaired) electrons. The highest BCUT2D eigenvalue weighted by molar-refractivity contribution is 6.08. The Bertz CT molecular complexity index is 674. The lowest BCUT2D eigenvalue weighted by Crippen LogP contribution is -1.92. The Kier molecular flexibility index (Phi) is 3.50. The predicted molar refractivity (Wildman–Crippen MR) is 74.8 cm³/mol. The third-order valence-corrected chi connectivity index (χ3v) is 3.11. The first-order valence-electron chi connectivity index (χ1n) is 5.77. The smallest absolute Gasteiger partial charge is 0.0492 e. The maximum atomic E-state index is 6.00.